The molecule has 19 heavy (non-hydrogen) atoms. The van der Waals surface area contributed by atoms with Gasteiger partial charge in [0, 0.05) is 6.54 Å². The standard InChI is InChI=1S/C15H19BrN2O/c1-4-11-6-8-12(9-7-11)15(3,19)14-13(16)10-17-18(14)5-2/h6-10,19H,4-5H2,1-3H3. The van der Waals surface area contributed by atoms with Crippen LogP contribution in [0.1, 0.15) is 37.6 Å². The van der Waals surface area contributed by atoms with Gasteiger partial charge in [0.05, 0.1) is 16.4 Å². The van der Waals surface area contributed by atoms with Crippen molar-refractivity contribution in [2.45, 2.75) is 39.3 Å². The van der Waals surface area contributed by atoms with Crippen molar-refractivity contribution in [2.24, 2.45) is 0 Å². The fourth-order valence-corrected chi connectivity index (χ4v) is 2.97. The van der Waals surface area contributed by atoms with Crippen LogP contribution in [0.15, 0.2) is 34.9 Å². The van der Waals surface area contributed by atoms with E-state index in [1.165, 1.54) is 5.56 Å². The Kier molecular flexibility index (Phi) is 4.11. The lowest BCUT2D eigenvalue weighted by Gasteiger charge is -2.25. The summed E-state index contributed by atoms with van der Waals surface area (Å²) < 4.78 is 2.65. The molecule has 1 N–H and O–H groups in total. The van der Waals surface area contributed by atoms with Crippen LogP contribution in [0.3, 0.4) is 0 Å². The van der Waals surface area contributed by atoms with Gasteiger partial charge in [-0.1, -0.05) is 31.2 Å². The van der Waals surface area contributed by atoms with Crippen LogP contribution in [0.25, 0.3) is 0 Å². The second-order valence-corrected chi connectivity index (χ2v) is 5.63. The number of aromatic nitrogens is 2. The molecule has 1 aromatic heterocycles. The van der Waals surface area contributed by atoms with Gasteiger partial charge in [-0.25, -0.2) is 0 Å². The van der Waals surface area contributed by atoms with Gasteiger partial charge in [-0.2, -0.15) is 5.10 Å². The first-order valence-corrected chi connectivity index (χ1v) is 7.33. The SMILES string of the molecule is CCc1ccc(C(C)(O)c2c(Br)cnn2CC)cc1. The van der Waals surface area contributed by atoms with E-state index in [9.17, 15) is 5.11 Å². The fourth-order valence-electron chi connectivity index (χ4n) is 2.29. The van der Waals surface area contributed by atoms with E-state index in [0.717, 1.165) is 28.7 Å². The minimum Gasteiger partial charge on any atom is -0.379 e. The van der Waals surface area contributed by atoms with Gasteiger partial charge in [-0.05, 0) is 47.3 Å². The summed E-state index contributed by atoms with van der Waals surface area (Å²) in [6, 6.07) is 8.09. The smallest absolute Gasteiger partial charge is 0.129 e. The predicted molar refractivity (Wildman–Crippen MR) is 80.1 cm³/mol. The topological polar surface area (TPSA) is 38.1 Å². The second kappa shape index (κ2) is 5.47. The van der Waals surface area contributed by atoms with Gasteiger partial charge in [-0.3, -0.25) is 4.68 Å². The van der Waals surface area contributed by atoms with Gasteiger partial charge in [0.2, 0.25) is 0 Å². The van der Waals surface area contributed by atoms with E-state index in [-0.39, 0.29) is 0 Å². The van der Waals surface area contributed by atoms with E-state index in [2.05, 4.69) is 40.1 Å². The van der Waals surface area contributed by atoms with E-state index in [1.807, 2.05) is 30.7 Å². The summed E-state index contributed by atoms with van der Waals surface area (Å²) in [4.78, 5) is 0. The number of rotatable bonds is 4. The molecule has 4 heteroatoms. The Morgan fingerprint density at radius 3 is 2.42 bits per heavy atom. The van der Waals surface area contributed by atoms with E-state index >= 15 is 0 Å². The van der Waals surface area contributed by atoms with Crippen molar-refractivity contribution >= 4 is 15.9 Å². The molecular weight excluding hydrogens is 304 g/mol. The van der Waals surface area contributed by atoms with E-state index < -0.39 is 5.60 Å². The first kappa shape index (κ1) is 14.3. The molecule has 0 amide bonds. The Balaban J connectivity index is 2.48. The normalized spacial score (nSPS) is 14.4. The van der Waals surface area contributed by atoms with Gasteiger partial charge in [0.15, 0.2) is 0 Å². The highest BCUT2D eigenvalue weighted by molar-refractivity contribution is 9.10. The van der Waals surface area contributed by atoms with Crippen LogP contribution >= 0.6 is 15.9 Å². The maximum Gasteiger partial charge on any atom is 0.129 e. The number of nitrogens with zero attached hydrogens (tertiary/aromatic N) is 2. The van der Waals surface area contributed by atoms with Gasteiger partial charge >= 0.3 is 0 Å². The summed E-state index contributed by atoms with van der Waals surface area (Å²) in [6.45, 7) is 6.67. The molecular formula is C15H19BrN2O. The fraction of sp³-hybridized carbons (Fsp3) is 0.400. The number of benzene rings is 1. The van der Waals surface area contributed by atoms with Crippen molar-refractivity contribution in [3.05, 3.63) is 51.8 Å². The first-order valence-electron chi connectivity index (χ1n) is 6.54. The average Bonchev–Trinajstić information content (AvgIpc) is 2.80. The van der Waals surface area contributed by atoms with Crippen LogP contribution in [0.4, 0.5) is 0 Å². The Labute approximate surface area is 122 Å². The third kappa shape index (κ3) is 2.60. The molecule has 102 valence electrons. The van der Waals surface area contributed by atoms with E-state index in [4.69, 9.17) is 0 Å². The molecule has 1 aromatic carbocycles. The summed E-state index contributed by atoms with van der Waals surface area (Å²) in [6.07, 6.45) is 2.73. The third-order valence-corrected chi connectivity index (χ3v) is 4.06. The highest BCUT2D eigenvalue weighted by atomic mass is 79.9. The molecule has 0 spiro atoms. The highest BCUT2D eigenvalue weighted by Crippen LogP contribution is 2.34. The molecule has 0 fully saturated rings. The van der Waals surface area contributed by atoms with Crippen molar-refractivity contribution in [3.63, 3.8) is 0 Å². The molecule has 0 saturated carbocycles. The maximum absolute atomic E-state index is 10.9. The largest absolute Gasteiger partial charge is 0.379 e. The molecule has 3 nitrogen and oxygen atoms in total. The van der Waals surface area contributed by atoms with Crippen LogP contribution in [0, 0.1) is 0 Å². The Morgan fingerprint density at radius 1 is 1.26 bits per heavy atom. The van der Waals surface area contributed by atoms with Gasteiger partial charge in [-0.15, -0.1) is 0 Å². The molecule has 0 bridgehead atoms. The number of hydrogen-bond donors (Lipinski definition) is 1. The van der Waals surface area contributed by atoms with Crippen molar-refractivity contribution in [3.8, 4) is 0 Å². The minimum absolute atomic E-state index is 0.726. The molecule has 0 aliphatic heterocycles. The quantitative estimate of drug-likeness (QED) is 0.935. The molecule has 2 aromatic rings. The molecule has 1 atom stereocenters. The van der Waals surface area contributed by atoms with Crippen molar-refractivity contribution in [2.75, 3.05) is 0 Å². The molecule has 2 rings (SSSR count). The number of hydrogen-bond acceptors (Lipinski definition) is 2. The van der Waals surface area contributed by atoms with Crippen LogP contribution in [0.5, 0.6) is 0 Å². The first-order chi connectivity index (χ1) is 9.00. The zero-order valence-electron chi connectivity index (χ0n) is 11.5. The lowest BCUT2D eigenvalue weighted by atomic mass is 9.91. The molecule has 0 aliphatic carbocycles. The van der Waals surface area contributed by atoms with Crippen LogP contribution in [-0.2, 0) is 18.6 Å². The van der Waals surface area contributed by atoms with Crippen LogP contribution in [-0.4, -0.2) is 14.9 Å². The van der Waals surface area contributed by atoms with E-state index in [0.29, 0.717) is 0 Å². The minimum atomic E-state index is -1.06. The van der Waals surface area contributed by atoms with Crippen LogP contribution < -0.4 is 0 Å². The predicted octanol–water partition coefficient (Wildman–Crippen LogP) is 3.48. The molecule has 1 unspecified atom stereocenters. The zero-order valence-corrected chi connectivity index (χ0v) is 13.1. The van der Waals surface area contributed by atoms with E-state index in [1.54, 1.807) is 6.20 Å². The summed E-state index contributed by atoms with van der Waals surface area (Å²) in [5.41, 5.74) is 1.87. The average molecular weight is 323 g/mol. The lowest BCUT2D eigenvalue weighted by Crippen LogP contribution is -2.27. The Bertz CT molecular complexity index is 558. The Morgan fingerprint density at radius 2 is 1.89 bits per heavy atom. The maximum atomic E-state index is 10.9. The highest BCUT2D eigenvalue weighted by Gasteiger charge is 2.31. The zero-order chi connectivity index (χ0) is 14.0. The van der Waals surface area contributed by atoms with Crippen molar-refractivity contribution in [1.82, 2.24) is 9.78 Å². The Hall–Kier alpha value is -1.13. The summed E-state index contributed by atoms with van der Waals surface area (Å²) in [5, 5.41) is 15.2. The van der Waals surface area contributed by atoms with Crippen molar-refractivity contribution in [1.29, 1.82) is 0 Å². The van der Waals surface area contributed by atoms with Crippen molar-refractivity contribution < 1.29 is 5.11 Å². The second-order valence-electron chi connectivity index (χ2n) is 4.78. The number of halogens is 1. The monoisotopic (exact) mass is 322 g/mol. The molecule has 1 heterocycles. The van der Waals surface area contributed by atoms with Gasteiger partial charge < -0.3 is 5.11 Å². The molecule has 0 radical (unpaired) electrons. The number of aliphatic hydroxyl groups is 1. The summed E-state index contributed by atoms with van der Waals surface area (Å²) in [7, 11) is 0. The van der Waals surface area contributed by atoms with Gasteiger partial charge in [0.25, 0.3) is 0 Å². The molecule has 0 saturated heterocycles. The summed E-state index contributed by atoms with van der Waals surface area (Å²) >= 11 is 3.48. The van der Waals surface area contributed by atoms with Crippen LogP contribution in [0.2, 0.25) is 0 Å². The lowest BCUT2D eigenvalue weighted by molar-refractivity contribution is 0.0909. The number of aryl methyl sites for hydroxylation is 2. The third-order valence-electron chi connectivity index (χ3n) is 3.48. The molecule has 0 aliphatic rings. The van der Waals surface area contributed by atoms with Gasteiger partial charge in [0.1, 0.15) is 5.60 Å². The summed E-state index contributed by atoms with van der Waals surface area (Å²) in [5.74, 6) is 0.